The van der Waals surface area contributed by atoms with Crippen LogP contribution in [-0.2, 0) is 11.3 Å². The monoisotopic (exact) mass is 211 g/mol. The Balaban J connectivity index is 2.16. The van der Waals surface area contributed by atoms with Gasteiger partial charge < -0.3 is 10.1 Å². The molecule has 1 aromatic rings. The van der Waals surface area contributed by atoms with Gasteiger partial charge in [0.1, 0.15) is 0 Å². The molecule has 1 fully saturated rings. The Labute approximate surface area is 89.0 Å². The molecular weight excluding hydrogens is 194 g/mol. The third-order valence-electron chi connectivity index (χ3n) is 2.93. The zero-order valence-electron chi connectivity index (χ0n) is 9.18. The van der Waals surface area contributed by atoms with Crippen molar-refractivity contribution in [1.29, 1.82) is 0 Å². The minimum Gasteiger partial charge on any atom is -0.379 e. The highest BCUT2D eigenvalue weighted by molar-refractivity contribution is 4.89. The first-order valence-electron chi connectivity index (χ1n) is 5.31. The highest BCUT2D eigenvalue weighted by atomic mass is 16.5. The first kappa shape index (κ1) is 10.5. The number of nitrogens with one attached hydrogen (secondary N) is 1. The fourth-order valence-corrected chi connectivity index (χ4v) is 2.21. The summed E-state index contributed by atoms with van der Waals surface area (Å²) in [5.41, 5.74) is 0. The van der Waals surface area contributed by atoms with Crippen LogP contribution in [0.4, 0.5) is 0 Å². The predicted octanol–water partition coefficient (Wildman–Crippen LogP) is 0.132. The third-order valence-corrected chi connectivity index (χ3v) is 2.93. The maximum atomic E-state index is 5.44. The summed E-state index contributed by atoms with van der Waals surface area (Å²) < 4.78 is 7.34. The smallest absolute Gasteiger partial charge is 0.165 e. The molecule has 1 aromatic heterocycles. The number of ether oxygens (including phenoxy) is 1. The molecule has 0 saturated heterocycles. The van der Waals surface area contributed by atoms with Crippen LogP contribution in [0.25, 0.3) is 0 Å². The maximum Gasteiger partial charge on any atom is 0.165 e. The number of hydrogen-bond acceptors (Lipinski definition) is 5. The van der Waals surface area contributed by atoms with E-state index in [-0.39, 0.29) is 6.10 Å². The van der Waals surface area contributed by atoms with Gasteiger partial charge in [-0.3, -0.25) is 0 Å². The van der Waals surface area contributed by atoms with E-state index >= 15 is 0 Å². The second kappa shape index (κ2) is 4.67. The molecule has 0 radical (unpaired) electrons. The molecular formula is C9H17N5O. The van der Waals surface area contributed by atoms with Gasteiger partial charge in [0.05, 0.1) is 18.7 Å². The van der Waals surface area contributed by atoms with Crippen molar-refractivity contribution in [3.05, 3.63) is 5.82 Å². The molecule has 15 heavy (non-hydrogen) atoms. The molecule has 0 bridgehead atoms. The van der Waals surface area contributed by atoms with Crippen molar-refractivity contribution in [1.82, 2.24) is 25.5 Å². The van der Waals surface area contributed by atoms with Gasteiger partial charge in [0.25, 0.3) is 0 Å². The molecule has 84 valence electrons. The maximum absolute atomic E-state index is 5.44. The van der Waals surface area contributed by atoms with Crippen molar-refractivity contribution >= 4 is 0 Å². The summed E-state index contributed by atoms with van der Waals surface area (Å²) >= 11 is 0. The van der Waals surface area contributed by atoms with Gasteiger partial charge in [-0.25, -0.2) is 4.68 Å². The average Bonchev–Trinajstić information content (AvgIpc) is 2.84. The quantitative estimate of drug-likeness (QED) is 0.767. The van der Waals surface area contributed by atoms with Crippen LogP contribution in [0.15, 0.2) is 0 Å². The average molecular weight is 211 g/mol. The minimum absolute atomic E-state index is 0.254. The molecule has 2 rings (SSSR count). The minimum atomic E-state index is 0.254. The van der Waals surface area contributed by atoms with Crippen molar-refractivity contribution in [2.75, 3.05) is 14.2 Å². The summed E-state index contributed by atoms with van der Waals surface area (Å²) in [6, 6.07) is 0.299. The van der Waals surface area contributed by atoms with E-state index in [4.69, 9.17) is 4.74 Å². The molecule has 1 heterocycles. The number of nitrogens with zero attached hydrogens (tertiary/aromatic N) is 4. The van der Waals surface area contributed by atoms with Gasteiger partial charge in [-0.15, -0.1) is 5.10 Å². The van der Waals surface area contributed by atoms with Gasteiger partial charge >= 0.3 is 0 Å². The predicted molar refractivity (Wildman–Crippen MR) is 54.3 cm³/mol. The highest BCUT2D eigenvalue weighted by Gasteiger charge is 2.31. The molecule has 2 unspecified atom stereocenters. The van der Waals surface area contributed by atoms with Crippen molar-refractivity contribution < 1.29 is 4.74 Å². The molecule has 0 spiro atoms. The molecule has 6 heteroatoms. The molecule has 1 N–H and O–H groups in total. The summed E-state index contributed by atoms with van der Waals surface area (Å²) in [7, 11) is 3.65. The second-order valence-corrected chi connectivity index (χ2v) is 3.84. The largest absolute Gasteiger partial charge is 0.379 e. The van der Waals surface area contributed by atoms with E-state index in [0.29, 0.717) is 12.6 Å². The van der Waals surface area contributed by atoms with Crippen molar-refractivity contribution in [3.63, 3.8) is 0 Å². The Bertz CT molecular complexity index is 313. The number of tetrazole rings is 1. The standard InChI is InChI=1S/C9H17N5O/c1-10-6-9-11-12-13-14(9)7-4-3-5-8(7)15-2/h7-8,10H,3-6H2,1-2H3. The Morgan fingerprint density at radius 1 is 1.53 bits per heavy atom. The lowest BCUT2D eigenvalue weighted by Gasteiger charge is -2.18. The van der Waals surface area contributed by atoms with Gasteiger partial charge in [-0.2, -0.15) is 0 Å². The van der Waals surface area contributed by atoms with E-state index in [0.717, 1.165) is 18.7 Å². The van der Waals surface area contributed by atoms with Crippen LogP contribution in [0.5, 0.6) is 0 Å². The van der Waals surface area contributed by atoms with Gasteiger partial charge in [-0.05, 0) is 36.7 Å². The zero-order valence-corrected chi connectivity index (χ0v) is 9.18. The Kier molecular flexibility index (Phi) is 3.27. The van der Waals surface area contributed by atoms with E-state index in [1.807, 2.05) is 11.7 Å². The van der Waals surface area contributed by atoms with Crippen LogP contribution in [0.1, 0.15) is 31.1 Å². The van der Waals surface area contributed by atoms with Gasteiger partial charge in [0, 0.05) is 7.11 Å². The topological polar surface area (TPSA) is 64.9 Å². The van der Waals surface area contributed by atoms with Crippen LogP contribution in [0.3, 0.4) is 0 Å². The molecule has 0 aromatic carbocycles. The van der Waals surface area contributed by atoms with Crippen LogP contribution in [0, 0.1) is 0 Å². The summed E-state index contributed by atoms with van der Waals surface area (Å²) in [5.74, 6) is 0.881. The van der Waals surface area contributed by atoms with Crippen LogP contribution in [-0.4, -0.2) is 40.5 Å². The molecule has 0 aliphatic heterocycles. The molecule has 1 aliphatic carbocycles. The lowest BCUT2D eigenvalue weighted by molar-refractivity contribution is 0.0690. The zero-order chi connectivity index (χ0) is 10.7. The lowest BCUT2D eigenvalue weighted by Crippen LogP contribution is -2.25. The first-order chi connectivity index (χ1) is 7.36. The molecule has 1 aliphatic rings. The SMILES string of the molecule is CNCc1nnnn1C1CCCC1OC. The second-order valence-electron chi connectivity index (χ2n) is 3.84. The van der Waals surface area contributed by atoms with E-state index in [9.17, 15) is 0 Å². The Morgan fingerprint density at radius 3 is 3.13 bits per heavy atom. The van der Waals surface area contributed by atoms with E-state index in [1.165, 1.54) is 6.42 Å². The van der Waals surface area contributed by atoms with Crippen molar-refractivity contribution in [2.24, 2.45) is 0 Å². The normalized spacial score (nSPS) is 26.0. The third kappa shape index (κ3) is 2.00. The van der Waals surface area contributed by atoms with Crippen molar-refractivity contribution in [3.8, 4) is 0 Å². The van der Waals surface area contributed by atoms with Crippen LogP contribution >= 0.6 is 0 Å². The summed E-state index contributed by atoms with van der Waals surface area (Å²) in [5, 5.41) is 14.8. The van der Waals surface area contributed by atoms with Gasteiger partial charge in [0.2, 0.25) is 0 Å². The molecule has 1 saturated carbocycles. The summed E-state index contributed by atoms with van der Waals surface area (Å²) in [4.78, 5) is 0. The fourth-order valence-electron chi connectivity index (χ4n) is 2.21. The summed E-state index contributed by atoms with van der Waals surface area (Å²) in [6.07, 6.45) is 3.63. The molecule has 0 amide bonds. The van der Waals surface area contributed by atoms with Gasteiger partial charge in [0.15, 0.2) is 5.82 Å². The first-order valence-corrected chi connectivity index (χ1v) is 5.31. The number of aromatic nitrogens is 4. The number of rotatable bonds is 4. The van der Waals surface area contributed by atoms with Crippen LogP contribution < -0.4 is 5.32 Å². The molecule has 6 nitrogen and oxygen atoms in total. The number of methoxy groups -OCH3 is 1. The van der Waals surface area contributed by atoms with Crippen molar-refractivity contribution in [2.45, 2.75) is 38.0 Å². The van der Waals surface area contributed by atoms with Gasteiger partial charge in [-0.1, -0.05) is 0 Å². The number of hydrogen-bond donors (Lipinski definition) is 1. The fraction of sp³-hybridized carbons (Fsp3) is 0.889. The molecule has 2 atom stereocenters. The lowest BCUT2D eigenvalue weighted by atomic mass is 10.2. The highest BCUT2D eigenvalue weighted by Crippen LogP contribution is 2.31. The summed E-state index contributed by atoms with van der Waals surface area (Å²) in [6.45, 7) is 0.694. The Hall–Kier alpha value is -1.01. The van der Waals surface area contributed by atoms with E-state index < -0.39 is 0 Å². The van der Waals surface area contributed by atoms with Crippen LogP contribution in [0.2, 0.25) is 0 Å². The van der Waals surface area contributed by atoms with E-state index in [2.05, 4.69) is 20.8 Å². The van der Waals surface area contributed by atoms with E-state index in [1.54, 1.807) is 7.11 Å². The Morgan fingerprint density at radius 2 is 2.40 bits per heavy atom.